The number of hydrogen-bond donors (Lipinski definition) is 1. The SMILES string of the molecule is CC(C)(C)OC(=O)N1CCC[C@H]1C(=O)Nc1cccc(S(=O)(=O)N2CCOCC2)c1. The molecule has 1 N–H and O–H groups in total. The minimum atomic E-state index is -3.67. The van der Waals surface area contributed by atoms with Crippen LogP contribution >= 0.6 is 0 Å². The van der Waals surface area contributed by atoms with Gasteiger partial charge >= 0.3 is 6.09 Å². The highest BCUT2D eigenvalue weighted by Gasteiger charge is 2.36. The number of amides is 2. The van der Waals surface area contributed by atoms with Gasteiger partial charge in [0, 0.05) is 25.3 Å². The second-order valence-corrected chi connectivity index (χ2v) is 10.3. The molecule has 0 aromatic heterocycles. The fraction of sp³-hybridized carbons (Fsp3) is 0.600. The van der Waals surface area contributed by atoms with Gasteiger partial charge in [-0.15, -0.1) is 0 Å². The largest absolute Gasteiger partial charge is 0.444 e. The van der Waals surface area contributed by atoms with Crippen LogP contribution in [0, 0.1) is 0 Å². The van der Waals surface area contributed by atoms with Crippen LogP contribution in [0.5, 0.6) is 0 Å². The van der Waals surface area contributed by atoms with Crippen LogP contribution in [0.25, 0.3) is 0 Å². The van der Waals surface area contributed by atoms with Gasteiger partial charge in [-0.25, -0.2) is 13.2 Å². The molecular formula is C20H29N3O6S. The van der Waals surface area contributed by atoms with Gasteiger partial charge in [-0.2, -0.15) is 4.31 Å². The van der Waals surface area contributed by atoms with Crippen molar-refractivity contribution < 1.29 is 27.5 Å². The average molecular weight is 440 g/mol. The van der Waals surface area contributed by atoms with Crippen LogP contribution in [0.3, 0.4) is 0 Å². The van der Waals surface area contributed by atoms with Crippen LogP contribution in [0.1, 0.15) is 33.6 Å². The first kappa shape index (κ1) is 22.5. The Balaban J connectivity index is 1.71. The second kappa shape index (κ2) is 8.91. The fourth-order valence-electron chi connectivity index (χ4n) is 3.47. The second-order valence-electron chi connectivity index (χ2n) is 8.37. The molecule has 2 fully saturated rings. The molecule has 1 atom stereocenters. The molecule has 1 aromatic rings. The highest BCUT2D eigenvalue weighted by atomic mass is 32.2. The van der Waals surface area contributed by atoms with E-state index in [4.69, 9.17) is 9.47 Å². The van der Waals surface area contributed by atoms with Gasteiger partial charge in [0.15, 0.2) is 0 Å². The molecule has 166 valence electrons. The molecule has 2 amide bonds. The van der Waals surface area contributed by atoms with Gasteiger partial charge in [0.1, 0.15) is 11.6 Å². The van der Waals surface area contributed by atoms with Crippen molar-refractivity contribution in [2.45, 2.75) is 50.2 Å². The summed E-state index contributed by atoms with van der Waals surface area (Å²) in [6.07, 6.45) is 0.698. The van der Waals surface area contributed by atoms with Crippen molar-refractivity contribution in [3.8, 4) is 0 Å². The summed E-state index contributed by atoms with van der Waals surface area (Å²) in [5, 5.41) is 2.75. The van der Waals surface area contributed by atoms with Crippen molar-refractivity contribution in [3.63, 3.8) is 0 Å². The number of likely N-dealkylation sites (tertiary alicyclic amines) is 1. The molecule has 0 unspecified atom stereocenters. The summed E-state index contributed by atoms with van der Waals surface area (Å²) in [7, 11) is -3.67. The molecule has 30 heavy (non-hydrogen) atoms. The van der Waals surface area contributed by atoms with E-state index in [9.17, 15) is 18.0 Å². The van der Waals surface area contributed by atoms with E-state index in [0.717, 1.165) is 0 Å². The first-order valence-corrected chi connectivity index (χ1v) is 11.5. The zero-order valence-corrected chi connectivity index (χ0v) is 18.4. The van der Waals surface area contributed by atoms with Gasteiger partial charge in [0.25, 0.3) is 0 Å². The van der Waals surface area contributed by atoms with E-state index < -0.39 is 27.8 Å². The monoisotopic (exact) mass is 439 g/mol. The van der Waals surface area contributed by atoms with E-state index in [0.29, 0.717) is 51.4 Å². The molecule has 0 spiro atoms. The maximum Gasteiger partial charge on any atom is 0.410 e. The number of hydrogen-bond acceptors (Lipinski definition) is 6. The van der Waals surface area contributed by atoms with Crippen LogP contribution in [0.4, 0.5) is 10.5 Å². The third-order valence-corrected chi connectivity index (χ3v) is 6.79. The smallest absolute Gasteiger partial charge is 0.410 e. The van der Waals surface area contributed by atoms with E-state index in [2.05, 4.69) is 5.32 Å². The molecule has 2 heterocycles. The Hall–Kier alpha value is -2.17. The number of nitrogens with zero attached hydrogens (tertiary/aromatic N) is 2. The van der Waals surface area contributed by atoms with Crippen LogP contribution in [-0.4, -0.2) is 74.1 Å². The summed E-state index contributed by atoms with van der Waals surface area (Å²) in [6.45, 7) is 7.08. The molecule has 3 rings (SSSR count). The molecule has 0 aliphatic carbocycles. The average Bonchev–Trinajstić information content (AvgIpc) is 3.18. The van der Waals surface area contributed by atoms with Crippen molar-refractivity contribution >= 4 is 27.7 Å². The number of ether oxygens (including phenoxy) is 2. The van der Waals surface area contributed by atoms with Crippen molar-refractivity contribution in [2.24, 2.45) is 0 Å². The topological polar surface area (TPSA) is 105 Å². The molecule has 10 heteroatoms. The highest BCUT2D eigenvalue weighted by molar-refractivity contribution is 7.89. The van der Waals surface area contributed by atoms with Gasteiger partial charge in [0.05, 0.1) is 18.1 Å². The zero-order valence-electron chi connectivity index (χ0n) is 17.6. The molecule has 2 aliphatic rings. The van der Waals surface area contributed by atoms with Crippen molar-refractivity contribution in [1.82, 2.24) is 9.21 Å². The summed E-state index contributed by atoms with van der Waals surface area (Å²) in [4.78, 5) is 26.8. The number of anilines is 1. The van der Waals surface area contributed by atoms with E-state index in [-0.39, 0.29) is 10.8 Å². The summed E-state index contributed by atoms with van der Waals surface area (Å²) in [5.74, 6) is -0.362. The lowest BCUT2D eigenvalue weighted by atomic mass is 10.2. The summed E-state index contributed by atoms with van der Waals surface area (Å²) < 4.78 is 37.7. The Morgan fingerprint density at radius 3 is 2.53 bits per heavy atom. The summed E-state index contributed by atoms with van der Waals surface area (Å²) >= 11 is 0. The summed E-state index contributed by atoms with van der Waals surface area (Å²) in [5.41, 5.74) is -0.284. The lowest BCUT2D eigenvalue weighted by molar-refractivity contribution is -0.120. The number of morpholine rings is 1. The molecule has 0 saturated carbocycles. The number of carbonyl (C=O) groups is 2. The Kier molecular flexibility index (Phi) is 6.68. The standard InChI is InChI=1S/C20H29N3O6S/c1-20(2,3)29-19(25)23-9-5-8-17(23)18(24)21-15-6-4-7-16(14-15)30(26,27)22-10-12-28-13-11-22/h4,6-7,14,17H,5,8-13H2,1-3H3,(H,21,24)/t17-/m0/s1. The minimum Gasteiger partial charge on any atom is -0.444 e. The molecule has 1 aromatic carbocycles. The van der Waals surface area contributed by atoms with E-state index in [1.807, 2.05) is 0 Å². The maximum absolute atomic E-state index is 12.8. The van der Waals surface area contributed by atoms with Crippen LogP contribution < -0.4 is 5.32 Å². The van der Waals surface area contributed by atoms with Gasteiger partial charge in [0.2, 0.25) is 15.9 Å². The number of sulfonamides is 1. The maximum atomic E-state index is 12.8. The zero-order chi connectivity index (χ0) is 21.9. The predicted molar refractivity (Wildman–Crippen MR) is 111 cm³/mol. The third-order valence-electron chi connectivity index (χ3n) is 4.89. The van der Waals surface area contributed by atoms with E-state index >= 15 is 0 Å². The van der Waals surface area contributed by atoms with E-state index in [1.54, 1.807) is 32.9 Å². The number of benzene rings is 1. The minimum absolute atomic E-state index is 0.109. The molecule has 9 nitrogen and oxygen atoms in total. The molecule has 0 bridgehead atoms. The molecule has 2 aliphatic heterocycles. The fourth-order valence-corrected chi connectivity index (χ4v) is 4.93. The summed E-state index contributed by atoms with van der Waals surface area (Å²) in [6, 6.07) is 5.50. The van der Waals surface area contributed by atoms with Gasteiger partial charge in [-0.1, -0.05) is 6.07 Å². The Morgan fingerprint density at radius 1 is 1.17 bits per heavy atom. The van der Waals surface area contributed by atoms with Crippen molar-refractivity contribution in [2.75, 3.05) is 38.2 Å². The Morgan fingerprint density at radius 2 is 1.87 bits per heavy atom. The lowest BCUT2D eigenvalue weighted by Gasteiger charge is -2.28. The molecule has 0 radical (unpaired) electrons. The van der Waals surface area contributed by atoms with E-state index in [1.165, 1.54) is 21.3 Å². The van der Waals surface area contributed by atoms with Crippen LogP contribution in [0.15, 0.2) is 29.2 Å². The number of rotatable bonds is 4. The van der Waals surface area contributed by atoms with Crippen LogP contribution in [0.2, 0.25) is 0 Å². The quantitative estimate of drug-likeness (QED) is 0.770. The van der Waals surface area contributed by atoms with Gasteiger partial charge < -0.3 is 14.8 Å². The molecular weight excluding hydrogens is 410 g/mol. The lowest BCUT2D eigenvalue weighted by Crippen LogP contribution is -2.45. The first-order chi connectivity index (χ1) is 14.1. The Labute approximate surface area is 177 Å². The number of carbonyl (C=O) groups excluding carboxylic acids is 2. The van der Waals surface area contributed by atoms with Crippen molar-refractivity contribution in [3.05, 3.63) is 24.3 Å². The van der Waals surface area contributed by atoms with Gasteiger partial charge in [-0.05, 0) is 51.8 Å². The normalized spacial score (nSPS) is 20.8. The predicted octanol–water partition coefficient (Wildman–Crippen LogP) is 2.05. The Bertz CT molecular complexity index is 890. The first-order valence-electron chi connectivity index (χ1n) is 10.1. The highest BCUT2D eigenvalue weighted by Crippen LogP contribution is 2.24. The van der Waals surface area contributed by atoms with Crippen molar-refractivity contribution in [1.29, 1.82) is 0 Å². The number of nitrogens with one attached hydrogen (secondary N) is 1. The van der Waals surface area contributed by atoms with Gasteiger partial charge in [-0.3, -0.25) is 9.69 Å². The third kappa shape index (κ3) is 5.30. The van der Waals surface area contributed by atoms with Crippen LogP contribution in [-0.2, 0) is 24.3 Å². The molecule has 2 saturated heterocycles.